The number of aromatic nitrogens is 6. The van der Waals surface area contributed by atoms with Gasteiger partial charge in [-0.3, -0.25) is 9.55 Å². The first-order valence-corrected chi connectivity index (χ1v) is 23.6. The molecular weight excluding hydrogens is 853 g/mol. The number of pyridine rings is 1. The van der Waals surface area contributed by atoms with Crippen molar-refractivity contribution in [1.82, 2.24) is 29.5 Å². The van der Waals surface area contributed by atoms with Gasteiger partial charge in [0, 0.05) is 28.6 Å². The summed E-state index contributed by atoms with van der Waals surface area (Å²) in [4.78, 5) is 25.4. The van der Waals surface area contributed by atoms with Gasteiger partial charge in [-0.15, -0.1) is 0 Å². The van der Waals surface area contributed by atoms with Gasteiger partial charge in [-0.05, 0) is 92.0 Å². The molecule has 0 N–H and O–H groups in total. The summed E-state index contributed by atoms with van der Waals surface area (Å²) in [5.41, 5.74) is 17.7. The highest BCUT2D eigenvalue weighted by Gasteiger charge is 2.47. The molecule has 0 radical (unpaired) electrons. The second-order valence-electron chi connectivity index (χ2n) is 17.6. The smallest absolute Gasteiger partial charge is 0.164 e. The molecule has 0 unspecified atom stereocenters. The van der Waals surface area contributed by atoms with Crippen LogP contribution in [0.15, 0.2) is 255 Å². The molecule has 0 atom stereocenters. The Morgan fingerprint density at radius 1 is 0.343 bits per heavy atom. The van der Waals surface area contributed by atoms with Gasteiger partial charge < -0.3 is 0 Å². The van der Waals surface area contributed by atoms with Crippen LogP contribution in [-0.4, -0.2) is 29.5 Å². The van der Waals surface area contributed by atoms with Gasteiger partial charge in [-0.25, -0.2) is 19.9 Å². The van der Waals surface area contributed by atoms with E-state index in [9.17, 15) is 0 Å². The third-order valence-electron chi connectivity index (χ3n) is 13.6. The van der Waals surface area contributed by atoms with Crippen LogP contribution in [0.5, 0.6) is 0 Å². The van der Waals surface area contributed by atoms with Crippen molar-refractivity contribution in [3.8, 4) is 84.7 Å². The lowest BCUT2D eigenvalue weighted by atomic mass is 9.67. The molecule has 0 spiro atoms. The fourth-order valence-corrected chi connectivity index (χ4v) is 10.4. The van der Waals surface area contributed by atoms with Crippen molar-refractivity contribution in [1.29, 1.82) is 0 Å². The normalized spacial score (nSPS) is 12.4. The zero-order valence-electron chi connectivity index (χ0n) is 37.9. The predicted molar refractivity (Wildman–Crippen MR) is 282 cm³/mol. The molecule has 328 valence electrons. The molecular formula is C64H42N6. The maximum absolute atomic E-state index is 5.32. The first-order chi connectivity index (χ1) is 34.7. The Morgan fingerprint density at radius 3 is 1.49 bits per heavy atom. The van der Waals surface area contributed by atoms with E-state index < -0.39 is 5.41 Å². The Labute approximate surface area is 406 Å². The monoisotopic (exact) mass is 894 g/mol. The molecule has 70 heavy (non-hydrogen) atoms. The zero-order chi connectivity index (χ0) is 46.4. The van der Waals surface area contributed by atoms with Crippen molar-refractivity contribution in [3.05, 3.63) is 277 Å². The summed E-state index contributed by atoms with van der Waals surface area (Å²) >= 11 is 0. The molecule has 0 saturated carbocycles. The van der Waals surface area contributed by atoms with E-state index in [1.54, 1.807) is 0 Å². The standard InChI is InChI=1S/C64H42N6/c1-5-18-46(19-6-1)60-67-61(69-62(68-60)53-27-17-29-55-59(53)52-26-13-14-28-54(52)64(55,49-20-7-2-8-21-49)50-22-9-3-10-23-50)47-37-35-44(36-38-47)43-31-33-45(34-32-43)48-39-40-56-58(42-48)70(51-24-11-4-12-25-51)63(66-56)57-30-15-16-41-65-57/h1-42H. The SMILES string of the molecule is c1ccc(-c2nc(-c3ccc(-c4ccc(-c5ccc6nc(-c7ccccn7)n(-c7ccccc7)c6c5)cc4)cc3)nc(-c3cccc4c3-c3ccccc3C4(c3ccccc3)c3ccccc3)n2)cc1. The summed E-state index contributed by atoms with van der Waals surface area (Å²) in [6.07, 6.45) is 1.81. The minimum absolute atomic E-state index is 0.541. The lowest BCUT2D eigenvalue weighted by Gasteiger charge is -2.33. The highest BCUT2D eigenvalue weighted by molar-refractivity contribution is 5.95. The summed E-state index contributed by atoms with van der Waals surface area (Å²) < 4.78 is 2.20. The number of fused-ring (bicyclic) bond motifs is 4. The molecule has 1 aliphatic rings. The van der Waals surface area contributed by atoms with E-state index in [2.05, 4.69) is 216 Å². The zero-order valence-corrected chi connectivity index (χ0v) is 37.9. The number of hydrogen-bond donors (Lipinski definition) is 0. The minimum Gasteiger partial charge on any atom is -0.291 e. The van der Waals surface area contributed by atoms with Crippen LogP contribution in [0.25, 0.3) is 95.8 Å². The third-order valence-corrected chi connectivity index (χ3v) is 13.6. The lowest BCUT2D eigenvalue weighted by molar-refractivity contribution is 0.768. The lowest BCUT2D eigenvalue weighted by Crippen LogP contribution is -2.28. The Hall–Kier alpha value is -9.39. The Bertz CT molecular complexity index is 3800. The molecule has 1 aliphatic carbocycles. The number of para-hydroxylation sites is 1. The van der Waals surface area contributed by atoms with Gasteiger partial charge in [0.1, 0.15) is 5.69 Å². The van der Waals surface area contributed by atoms with Crippen molar-refractivity contribution >= 4 is 11.0 Å². The van der Waals surface area contributed by atoms with E-state index in [1.165, 1.54) is 27.8 Å². The topological polar surface area (TPSA) is 69.4 Å². The van der Waals surface area contributed by atoms with Crippen molar-refractivity contribution in [2.24, 2.45) is 0 Å². The van der Waals surface area contributed by atoms with E-state index in [1.807, 2.05) is 48.7 Å². The number of rotatable bonds is 9. The summed E-state index contributed by atoms with van der Waals surface area (Å²) in [7, 11) is 0. The molecule has 6 heteroatoms. The van der Waals surface area contributed by atoms with Gasteiger partial charge in [0.25, 0.3) is 0 Å². The van der Waals surface area contributed by atoms with Crippen LogP contribution in [0.2, 0.25) is 0 Å². The molecule has 6 nitrogen and oxygen atoms in total. The molecule has 0 amide bonds. The van der Waals surface area contributed by atoms with Gasteiger partial charge in [-0.2, -0.15) is 0 Å². The third kappa shape index (κ3) is 6.84. The van der Waals surface area contributed by atoms with Gasteiger partial charge in [0.2, 0.25) is 0 Å². The summed E-state index contributed by atoms with van der Waals surface area (Å²) in [5.74, 6) is 2.68. The molecule has 13 rings (SSSR count). The second kappa shape index (κ2) is 17.0. The average molecular weight is 895 g/mol. The van der Waals surface area contributed by atoms with Crippen LogP contribution in [0.1, 0.15) is 22.3 Å². The quantitative estimate of drug-likeness (QED) is 0.144. The van der Waals surface area contributed by atoms with Crippen LogP contribution in [0, 0.1) is 0 Å². The maximum Gasteiger partial charge on any atom is 0.164 e. The van der Waals surface area contributed by atoms with Crippen LogP contribution in [-0.2, 0) is 5.41 Å². The number of benzene rings is 9. The average Bonchev–Trinajstić information content (AvgIpc) is 3.99. The van der Waals surface area contributed by atoms with E-state index in [-0.39, 0.29) is 0 Å². The molecule has 0 aliphatic heterocycles. The highest BCUT2D eigenvalue weighted by Crippen LogP contribution is 2.58. The van der Waals surface area contributed by atoms with Gasteiger partial charge in [0.05, 0.1) is 16.4 Å². The fraction of sp³-hybridized carbons (Fsp3) is 0.0156. The molecule has 3 heterocycles. The summed E-state index contributed by atoms with van der Waals surface area (Å²) in [6.45, 7) is 0. The summed E-state index contributed by atoms with van der Waals surface area (Å²) in [6, 6.07) is 87.4. The Morgan fingerprint density at radius 2 is 0.843 bits per heavy atom. The minimum atomic E-state index is -0.541. The number of imidazole rings is 1. The van der Waals surface area contributed by atoms with Gasteiger partial charge in [0.15, 0.2) is 23.3 Å². The second-order valence-corrected chi connectivity index (χ2v) is 17.6. The number of nitrogens with zero attached hydrogens (tertiary/aromatic N) is 6. The first-order valence-electron chi connectivity index (χ1n) is 23.6. The number of hydrogen-bond acceptors (Lipinski definition) is 5. The molecule has 3 aromatic heterocycles. The van der Waals surface area contributed by atoms with Crippen LogP contribution >= 0.6 is 0 Å². The van der Waals surface area contributed by atoms with E-state index in [0.29, 0.717) is 17.5 Å². The van der Waals surface area contributed by atoms with Crippen molar-refractivity contribution in [3.63, 3.8) is 0 Å². The Balaban J connectivity index is 0.876. The summed E-state index contributed by atoms with van der Waals surface area (Å²) in [5, 5.41) is 0. The van der Waals surface area contributed by atoms with Gasteiger partial charge in [-0.1, -0.05) is 212 Å². The first kappa shape index (κ1) is 40.8. The Kier molecular flexibility index (Phi) is 9.95. The molecule has 0 bridgehead atoms. The van der Waals surface area contributed by atoms with E-state index >= 15 is 0 Å². The van der Waals surface area contributed by atoms with E-state index in [4.69, 9.17) is 19.9 Å². The molecule has 12 aromatic rings. The van der Waals surface area contributed by atoms with E-state index in [0.717, 1.165) is 72.7 Å². The van der Waals surface area contributed by atoms with Crippen molar-refractivity contribution in [2.45, 2.75) is 5.41 Å². The van der Waals surface area contributed by atoms with Crippen LogP contribution in [0.3, 0.4) is 0 Å². The van der Waals surface area contributed by atoms with Crippen molar-refractivity contribution < 1.29 is 0 Å². The highest BCUT2D eigenvalue weighted by atomic mass is 15.1. The maximum atomic E-state index is 5.32. The van der Waals surface area contributed by atoms with Crippen molar-refractivity contribution in [2.75, 3.05) is 0 Å². The fourth-order valence-electron chi connectivity index (χ4n) is 10.4. The molecule has 9 aromatic carbocycles. The molecule has 0 saturated heterocycles. The van der Waals surface area contributed by atoms with Gasteiger partial charge >= 0.3 is 0 Å². The molecule has 0 fully saturated rings. The van der Waals surface area contributed by atoms with Crippen LogP contribution < -0.4 is 0 Å². The predicted octanol–water partition coefficient (Wildman–Crippen LogP) is 15.0. The largest absolute Gasteiger partial charge is 0.291 e. The van der Waals surface area contributed by atoms with Crippen LogP contribution in [0.4, 0.5) is 0 Å².